The SMILES string of the molecule is CCOC(=O)Cc1ncc(Cl)c(Br)c1C(F)F. The Morgan fingerprint density at radius 1 is 1.65 bits per heavy atom. The lowest BCUT2D eigenvalue weighted by atomic mass is 10.1. The number of esters is 1. The zero-order valence-electron chi connectivity index (χ0n) is 8.84. The number of halogens is 4. The molecule has 94 valence electrons. The van der Waals surface area contributed by atoms with Crippen molar-refractivity contribution in [2.24, 2.45) is 0 Å². The van der Waals surface area contributed by atoms with Crippen LogP contribution in [0.5, 0.6) is 0 Å². The number of aromatic nitrogens is 1. The number of alkyl halides is 2. The van der Waals surface area contributed by atoms with E-state index in [1.807, 2.05) is 0 Å². The van der Waals surface area contributed by atoms with E-state index in [4.69, 9.17) is 11.6 Å². The van der Waals surface area contributed by atoms with Gasteiger partial charge in [-0.25, -0.2) is 8.78 Å². The fourth-order valence-electron chi connectivity index (χ4n) is 1.23. The number of hydrogen-bond donors (Lipinski definition) is 0. The summed E-state index contributed by atoms with van der Waals surface area (Å²) in [4.78, 5) is 15.0. The van der Waals surface area contributed by atoms with Crippen molar-refractivity contribution >= 4 is 33.5 Å². The van der Waals surface area contributed by atoms with Crippen LogP contribution in [-0.4, -0.2) is 17.6 Å². The summed E-state index contributed by atoms with van der Waals surface area (Å²) in [6, 6.07) is 0. The van der Waals surface area contributed by atoms with Gasteiger partial charge in [0.15, 0.2) is 0 Å². The van der Waals surface area contributed by atoms with E-state index in [9.17, 15) is 13.6 Å². The monoisotopic (exact) mass is 327 g/mol. The van der Waals surface area contributed by atoms with Gasteiger partial charge in [0.05, 0.1) is 29.3 Å². The number of rotatable bonds is 4. The number of ether oxygens (including phenoxy) is 1. The first-order valence-corrected chi connectivity index (χ1v) is 5.91. The Balaban J connectivity index is 3.07. The van der Waals surface area contributed by atoms with Crippen LogP contribution < -0.4 is 0 Å². The van der Waals surface area contributed by atoms with Gasteiger partial charge in [-0.2, -0.15) is 0 Å². The van der Waals surface area contributed by atoms with Crippen LogP contribution >= 0.6 is 27.5 Å². The maximum atomic E-state index is 12.8. The second-order valence-corrected chi connectivity index (χ2v) is 4.26. The molecule has 1 aromatic heterocycles. The molecule has 0 aliphatic heterocycles. The summed E-state index contributed by atoms with van der Waals surface area (Å²) in [5.41, 5.74) is -0.403. The van der Waals surface area contributed by atoms with E-state index < -0.39 is 12.4 Å². The van der Waals surface area contributed by atoms with Crippen LogP contribution in [-0.2, 0) is 16.0 Å². The van der Waals surface area contributed by atoms with Gasteiger partial charge < -0.3 is 4.74 Å². The number of carbonyl (C=O) groups is 1. The molecular weight excluding hydrogens is 319 g/mol. The van der Waals surface area contributed by atoms with Gasteiger partial charge in [0, 0.05) is 10.7 Å². The lowest BCUT2D eigenvalue weighted by Crippen LogP contribution is -2.11. The van der Waals surface area contributed by atoms with E-state index in [0.717, 1.165) is 0 Å². The van der Waals surface area contributed by atoms with E-state index in [1.165, 1.54) is 6.20 Å². The fourth-order valence-corrected chi connectivity index (χ4v) is 1.88. The van der Waals surface area contributed by atoms with E-state index >= 15 is 0 Å². The molecule has 7 heteroatoms. The van der Waals surface area contributed by atoms with Crippen LogP contribution in [0.3, 0.4) is 0 Å². The summed E-state index contributed by atoms with van der Waals surface area (Å²) in [6.07, 6.45) is -1.85. The molecule has 0 aliphatic carbocycles. The van der Waals surface area contributed by atoms with Crippen LogP contribution in [0.25, 0.3) is 0 Å². The normalized spacial score (nSPS) is 10.7. The standard InChI is InChI=1S/C10H9BrClF2NO2/c1-2-17-7(16)3-6-8(10(13)14)9(11)5(12)4-15-6/h4,10H,2-3H2,1H3. The van der Waals surface area contributed by atoms with E-state index in [2.05, 4.69) is 25.7 Å². The maximum Gasteiger partial charge on any atom is 0.311 e. The van der Waals surface area contributed by atoms with Crippen molar-refractivity contribution in [3.05, 3.63) is 26.9 Å². The predicted molar refractivity (Wildman–Crippen MR) is 62.2 cm³/mol. The molecule has 0 bridgehead atoms. The van der Waals surface area contributed by atoms with Crippen molar-refractivity contribution in [2.45, 2.75) is 19.8 Å². The highest BCUT2D eigenvalue weighted by Gasteiger charge is 2.22. The zero-order valence-corrected chi connectivity index (χ0v) is 11.2. The van der Waals surface area contributed by atoms with E-state index in [0.29, 0.717) is 0 Å². The molecule has 0 radical (unpaired) electrons. The van der Waals surface area contributed by atoms with Gasteiger partial charge in [0.1, 0.15) is 0 Å². The van der Waals surface area contributed by atoms with Gasteiger partial charge >= 0.3 is 5.97 Å². The second kappa shape index (κ2) is 6.26. The first-order valence-electron chi connectivity index (χ1n) is 4.73. The smallest absolute Gasteiger partial charge is 0.311 e. The minimum Gasteiger partial charge on any atom is -0.466 e. The molecule has 1 rings (SSSR count). The van der Waals surface area contributed by atoms with Gasteiger partial charge in [-0.1, -0.05) is 11.6 Å². The summed E-state index contributed by atoms with van der Waals surface area (Å²) in [5.74, 6) is -0.601. The van der Waals surface area contributed by atoms with E-state index in [1.54, 1.807) is 6.92 Å². The number of pyridine rings is 1. The third-order valence-electron chi connectivity index (χ3n) is 1.93. The van der Waals surface area contributed by atoms with Crippen molar-refractivity contribution in [1.29, 1.82) is 0 Å². The highest BCUT2D eigenvalue weighted by atomic mass is 79.9. The maximum absolute atomic E-state index is 12.8. The molecule has 0 spiro atoms. The Morgan fingerprint density at radius 3 is 2.82 bits per heavy atom. The van der Waals surface area contributed by atoms with E-state index in [-0.39, 0.29) is 33.8 Å². The molecule has 0 saturated carbocycles. The van der Waals surface area contributed by atoms with Crippen LogP contribution in [0.2, 0.25) is 5.02 Å². The molecule has 0 aliphatic rings. The second-order valence-electron chi connectivity index (χ2n) is 3.06. The van der Waals surface area contributed by atoms with Crippen molar-refractivity contribution in [2.75, 3.05) is 6.61 Å². The van der Waals surface area contributed by atoms with Crippen molar-refractivity contribution in [1.82, 2.24) is 4.98 Å². The topological polar surface area (TPSA) is 39.2 Å². The summed E-state index contributed by atoms with van der Waals surface area (Å²) in [6.45, 7) is 1.83. The first kappa shape index (κ1) is 14.3. The third-order valence-corrected chi connectivity index (χ3v) is 3.30. The molecule has 0 unspecified atom stereocenters. The van der Waals surface area contributed by atoms with Crippen molar-refractivity contribution < 1.29 is 18.3 Å². The highest BCUT2D eigenvalue weighted by molar-refractivity contribution is 9.10. The Kier molecular flexibility index (Phi) is 5.27. The number of nitrogens with zero attached hydrogens (tertiary/aromatic N) is 1. The summed E-state index contributed by atoms with van der Waals surface area (Å²) in [7, 11) is 0. The van der Waals surface area contributed by atoms with Gasteiger partial charge in [-0.05, 0) is 22.9 Å². The van der Waals surface area contributed by atoms with Crippen LogP contribution in [0, 0.1) is 0 Å². The molecule has 0 N–H and O–H groups in total. The number of carbonyl (C=O) groups excluding carboxylic acids is 1. The molecule has 3 nitrogen and oxygen atoms in total. The molecular formula is C10H9BrClF2NO2. The highest BCUT2D eigenvalue weighted by Crippen LogP contribution is 2.34. The molecule has 0 atom stereocenters. The molecule has 0 aromatic carbocycles. The molecule has 0 saturated heterocycles. The third kappa shape index (κ3) is 3.61. The molecule has 0 fully saturated rings. The zero-order chi connectivity index (χ0) is 13.0. The molecule has 1 heterocycles. The van der Waals surface area contributed by atoms with Crippen LogP contribution in [0.15, 0.2) is 10.7 Å². The van der Waals surface area contributed by atoms with Crippen LogP contribution in [0.1, 0.15) is 24.6 Å². The minimum atomic E-state index is -2.76. The number of hydrogen-bond acceptors (Lipinski definition) is 3. The average molecular weight is 329 g/mol. The van der Waals surface area contributed by atoms with Gasteiger partial charge in [0.25, 0.3) is 6.43 Å². The largest absolute Gasteiger partial charge is 0.466 e. The van der Waals surface area contributed by atoms with Crippen molar-refractivity contribution in [3.63, 3.8) is 0 Å². The summed E-state index contributed by atoms with van der Waals surface area (Å²) >= 11 is 8.63. The van der Waals surface area contributed by atoms with Gasteiger partial charge in [0.2, 0.25) is 0 Å². The van der Waals surface area contributed by atoms with Gasteiger partial charge in [-0.15, -0.1) is 0 Å². The van der Waals surface area contributed by atoms with Gasteiger partial charge in [-0.3, -0.25) is 9.78 Å². The Hall–Kier alpha value is -0.750. The summed E-state index contributed by atoms with van der Waals surface area (Å²) in [5, 5.41) is 0.0768. The molecule has 0 amide bonds. The Morgan fingerprint density at radius 2 is 2.29 bits per heavy atom. The molecule has 17 heavy (non-hydrogen) atoms. The van der Waals surface area contributed by atoms with Crippen molar-refractivity contribution in [3.8, 4) is 0 Å². The predicted octanol–water partition coefficient (Wildman–Crippen LogP) is 3.54. The first-order chi connectivity index (χ1) is 7.97. The van der Waals surface area contributed by atoms with Crippen LogP contribution in [0.4, 0.5) is 8.78 Å². The fraction of sp³-hybridized carbons (Fsp3) is 0.400. The Labute approximate surface area is 110 Å². The average Bonchev–Trinajstić information content (AvgIpc) is 2.23. The Bertz CT molecular complexity index is 429. The lowest BCUT2D eigenvalue weighted by molar-refractivity contribution is -0.142. The lowest BCUT2D eigenvalue weighted by Gasteiger charge is -2.10. The quantitative estimate of drug-likeness (QED) is 0.794. The molecule has 1 aromatic rings. The minimum absolute atomic E-state index is 0.0327. The summed E-state index contributed by atoms with van der Waals surface area (Å²) < 4.78 is 30.4.